The van der Waals surface area contributed by atoms with Crippen LogP contribution in [0.3, 0.4) is 0 Å². The molecule has 0 aliphatic heterocycles. The molecule has 0 fully saturated rings. The van der Waals surface area contributed by atoms with E-state index in [2.05, 4.69) is 41.5 Å². The number of hydrogen-bond donors (Lipinski definition) is 2. The molecular formula is C21H28O2. The number of para-hydroxylation sites is 1. The topological polar surface area (TPSA) is 40.5 Å². The normalized spacial score (nSPS) is 12.4. The first-order valence-electron chi connectivity index (χ1n) is 8.14. The van der Waals surface area contributed by atoms with Gasteiger partial charge in [0, 0.05) is 6.42 Å². The zero-order chi connectivity index (χ0) is 17.4. The van der Waals surface area contributed by atoms with Gasteiger partial charge in [0.25, 0.3) is 0 Å². The van der Waals surface area contributed by atoms with Gasteiger partial charge < -0.3 is 10.2 Å². The zero-order valence-corrected chi connectivity index (χ0v) is 15.1. The van der Waals surface area contributed by atoms with Gasteiger partial charge in [0.1, 0.15) is 11.5 Å². The summed E-state index contributed by atoms with van der Waals surface area (Å²) in [5.74, 6) is 0.708. The third-order valence-electron chi connectivity index (χ3n) is 4.19. The van der Waals surface area contributed by atoms with Crippen LogP contribution in [0.5, 0.6) is 11.5 Å². The summed E-state index contributed by atoms with van der Waals surface area (Å²) in [5.41, 5.74) is 3.70. The number of rotatable bonds is 2. The van der Waals surface area contributed by atoms with Gasteiger partial charge in [0.2, 0.25) is 0 Å². The van der Waals surface area contributed by atoms with Crippen molar-refractivity contribution >= 4 is 0 Å². The van der Waals surface area contributed by atoms with Crippen molar-refractivity contribution in [2.75, 3.05) is 0 Å². The Bertz CT molecular complexity index is 701. The molecule has 0 radical (unpaired) electrons. The summed E-state index contributed by atoms with van der Waals surface area (Å²) in [7, 11) is 0. The minimum Gasteiger partial charge on any atom is -0.508 e. The molecule has 0 unspecified atom stereocenters. The molecule has 0 saturated carbocycles. The molecule has 2 nitrogen and oxygen atoms in total. The number of aromatic hydroxyl groups is 2. The van der Waals surface area contributed by atoms with E-state index in [9.17, 15) is 10.2 Å². The molecule has 0 bridgehead atoms. The molecule has 23 heavy (non-hydrogen) atoms. The summed E-state index contributed by atoms with van der Waals surface area (Å²) in [5, 5.41) is 20.7. The van der Waals surface area contributed by atoms with Gasteiger partial charge in [-0.15, -0.1) is 0 Å². The van der Waals surface area contributed by atoms with Crippen LogP contribution < -0.4 is 0 Å². The second kappa shape index (κ2) is 5.92. The second-order valence-electron chi connectivity index (χ2n) is 8.34. The molecule has 2 aromatic carbocycles. The lowest BCUT2D eigenvalue weighted by molar-refractivity contribution is 0.441. The average molecular weight is 312 g/mol. The monoisotopic (exact) mass is 312 g/mol. The molecule has 0 aliphatic carbocycles. The highest BCUT2D eigenvalue weighted by molar-refractivity contribution is 5.48. The van der Waals surface area contributed by atoms with E-state index in [1.807, 2.05) is 30.3 Å². The lowest BCUT2D eigenvalue weighted by Gasteiger charge is -2.23. The quantitative estimate of drug-likeness (QED) is 0.791. The molecule has 0 amide bonds. The fourth-order valence-corrected chi connectivity index (χ4v) is 2.85. The Balaban J connectivity index is 2.41. The van der Waals surface area contributed by atoms with Gasteiger partial charge >= 0.3 is 0 Å². The van der Waals surface area contributed by atoms with Crippen molar-refractivity contribution in [3.05, 3.63) is 58.7 Å². The van der Waals surface area contributed by atoms with Crippen LogP contribution in [-0.2, 0) is 17.3 Å². The second-order valence-corrected chi connectivity index (χ2v) is 8.34. The third kappa shape index (κ3) is 3.87. The van der Waals surface area contributed by atoms with E-state index in [0.29, 0.717) is 17.9 Å². The largest absolute Gasteiger partial charge is 0.508 e. The van der Waals surface area contributed by atoms with Crippen molar-refractivity contribution in [3.63, 3.8) is 0 Å². The predicted molar refractivity (Wildman–Crippen MR) is 96.4 cm³/mol. The van der Waals surface area contributed by atoms with Crippen molar-refractivity contribution in [2.24, 2.45) is 0 Å². The highest BCUT2D eigenvalue weighted by Gasteiger charge is 2.21. The van der Waals surface area contributed by atoms with Gasteiger partial charge in [0.05, 0.1) is 0 Å². The summed E-state index contributed by atoms with van der Waals surface area (Å²) < 4.78 is 0. The maximum absolute atomic E-state index is 10.6. The molecule has 2 rings (SSSR count). The summed E-state index contributed by atoms with van der Waals surface area (Å²) in [4.78, 5) is 0. The smallest absolute Gasteiger partial charge is 0.122 e. The van der Waals surface area contributed by atoms with Crippen molar-refractivity contribution in [1.29, 1.82) is 0 Å². The Labute approximate surface area is 139 Å². The third-order valence-corrected chi connectivity index (χ3v) is 4.19. The number of phenolic OH excluding ortho intramolecular Hbond substituents is 2. The lowest BCUT2D eigenvalue weighted by Crippen LogP contribution is -2.13. The van der Waals surface area contributed by atoms with E-state index < -0.39 is 0 Å². The standard InChI is InChI=1S/C21H28O2/c1-20(2,3)16-9-7-8-15(19(16)23)12-14-10-11-18(22)17(13-14)21(4,5)6/h7-11,13,22-23H,12H2,1-6H3. The zero-order valence-electron chi connectivity index (χ0n) is 15.1. The fraction of sp³-hybridized carbons (Fsp3) is 0.429. The molecule has 0 saturated heterocycles. The number of hydrogen-bond acceptors (Lipinski definition) is 2. The van der Waals surface area contributed by atoms with Gasteiger partial charge in [-0.1, -0.05) is 71.9 Å². The van der Waals surface area contributed by atoms with E-state index in [1.54, 1.807) is 6.07 Å². The minimum atomic E-state index is -0.116. The molecule has 0 spiro atoms. The van der Waals surface area contributed by atoms with E-state index in [4.69, 9.17) is 0 Å². The van der Waals surface area contributed by atoms with Crippen LogP contribution in [0.1, 0.15) is 63.8 Å². The molecule has 0 aliphatic rings. The Morgan fingerprint density at radius 2 is 1.39 bits per heavy atom. The fourth-order valence-electron chi connectivity index (χ4n) is 2.85. The maximum Gasteiger partial charge on any atom is 0.122 e. The Morgan fingerprint density at radius 1 is 0.783 bits per heavy atom. The van der Waals surface area contributed by atoms with E-state index in [0.717, 1.165) is 22.3 Å². The summed E-state index contributed by atoms with van der Waals surface area (Å²) in [6.45, 7) is 12.6. The Hall–Kier alpha value is -1.96. The van der Waals surface area contributed by atoms with Crippen LogP contribution in [-0.4, -0.2) is 10.2 Å². The van der Waals surface area contributed by atoms with Crippen LogP contribution >= 0.6 is 0 Å². The molecule has 0 atom stereocenters. The Morgan fingerprint density at radius 3 is 1.96 bits per heavy atom. The SMILES string of the molecule is CC(C)(C)c1cc(Cc2cccc(C(C)(C)C)c2O)ccc1O. The Kier molecular flexibility index (Phi) is 4.48. The molecule has 0 heterocycles. The van der Waals surface area contributed by atoms with Crippen LogP contribution in [0, 0.1) is 0 Å². The average Bonchev–Trinajstić information content (AvgIpc) is 2.40. The van der Waals surface area contributed by atoms with Crippen LogP contribution in [0.15, 0.2) is 36.4 Å². The molecule has 2 aromatic rings. The molecule has 2 N–H and O–H groups in total. The van der Waals surface area contributed by atoms with E-state index in [1.165, 1.54) is 0 Å². The van der Waals surface area contributed by atoms with Gasteiger partial charge in [-0.2, -0.15) is 0 Å². The molecule has 2 heteroatoms. The number of phenols is 2. The predicted octanol–water partition coefficient (Wildman–Crippen LogP) is 5.28. The van der Waals surface area contributed by atoms with E-state index >= 15 is 0 Å². The minimum absolute atomic E-state index is 0.0916. The van der Waals surface area contributed by atoms with Crippen molar-refractivity contribution in [1.82, 2.24) is 0 Å². The lowest BCUT2D eigenvalue weighted by atomic mass is 9.83. The van der Waals surface area contributed by atoms with E-state index in [-0.39, 0.29) is 10.8 Å². The van der Waals surface area contributed by atoms with Crippen LogP contribution in [0.2, 0.25) is 0 Å². The summed E-state index contributed by atoms with van der Waals surface area (Å²) in [6, 6.07) is 11.7. The first-order valence-corrected chi connectivity index (χ1v) is 8.14. The van der Waals surface area contributed by atoms with Gasteiger partial charge in [0.15, 0.2) is 0 Å². The first-order chi connectivity index (χ1) is 10.5. The van der Waals surface area contributed by atoms with Crippen LogP contribution in [0.4, 0.5) is 0 Å². The first kappa shape index (κ1) is 17.4. The molecule has 0 aromatic heterocycles. The van der Waals surface area contributed by atoms with Gasteiger partial charge in [-0.25, -0.2) is 0 Å². The van der Waals surface area contributed by atoms with Crippen LogP contribution in [0.25, 0.3) is 0 Å². The van der Waals surface area contributed by atoms with Crippen molar-refractivity contribution < 1.29 is 10.2 Å². The highest BCUT2D eigenvalue weighted by atomic mass is 16.3. The van der Waals surface area contributed by atoms with Crippen molar-refractivity contribution in [3.8, 4) is 11.5 Å². The summed E-state index contributed by atoms with van der Waals surface area (Å²) in [6.07, 6.45) is 0.652. The van der Waals surface area contributed by atoms with Gasteiger partial charge in [-0.05, 0) is 39.2 Å². The maximum atomic E-state index is 10.6. The van der Waals surface area contributed by atoms with Gasteiger partial charge in [-0.3, -0.25) is 0 Å². The molecular weight excluding hydrogens is 284 g/mol. The van der Waals surface area contributed by atoms with Crippen molar-refractivity contribution in [2.45, 2.75) is 58.8 Å². The number of benzene rings is 2. The summed E-state index contributed by atoms with van der Waals surface area (Å²) >= 11 is 0. The molecule has 124 valence electrons. The highest BCUT2D eigenvalue weighted by Crippen LogP contribution is 2.35.